The molecule has 4 nitrogen and oxygen atoms in total. The van der Waals surface area contributed by atoms with Gasteiger partial charge >= 0.3 is 6.18 Å². The molecular weight excluding hydrogens is 369 g/mol. The van der Waals surface area contributed by atoms with Crippen LogP contribution in [0.3, 0.4) is 0 Å². The highest BCUT2D eigenvalue weighted by molar-refractivity contribution is 6.30. The summed E-state index contributed by atoms with van der Waals surface area (Å²) >= 11 is 6.00. The first kappa shape index (κ1) is 18.8. The van der Waals surface area contributed by atoms with E-state index in [1.165, 1.54) is 36.5 Å². The third kappa shape index (κ3) is 2.99. The quantitative estimate of drug-likeness (QED) is 0.612. The molecule has 1 atom stereocenters. The molecule has 2 heterocycles. The van der Waals surface area contributed by atoms with E-state index in [0.29, 0.717) is 4.73 Å². The Kier molecular flexibility index (Phi) is 4.79. The Labute approximate surface area is 154 Å². The van der Waals surface area contributed by atoms with E-state index in [2.05, 4.69) is 5.32 Å². The van der Waals surface area contributed by atoms with Crippen LogP contribution in [0, 0.1) is 5.21 Å². The first-order valence-electron chi connectivity index (χ1n) is 8.15. The lowest BCUT2D eigenvalue weighted by Crippen LogP contribution is -2.49. The van der Waals surface area contributed by atoms with Crippen molar-refractivity contribution in [2.45, 2.75) is 38.0 Å². The summed E-state index contributed by atoms with van der Waals surface area (Å²) in [5, 5.41) is 15.2. The van der Waals surface area contributed by atoms with Crippen molar-refractivity contribution in [3.8, 4) is 0 Å². The summed E-state index contributed by atoms with van der Waals surface area (Å²) in [6.07, 6.45) is -4.06. The van der Waals surface area contributed by atoms with Crippen LogP contribution in [0.15, 0.2) is 36.5 Å². The lowest BCUT2D eigenvalue weighted by Gasteiger charge is -2.40. The van der Waals surface area contributed by atoms with Crippen molar-refractivity contribution < 1.29 is 22.6 Å². The maximum atomic E-state index is 14.5. The Morgan fingerprint density at radius 3 is 2.65 bits per heavy atom. The van der Waals surface area contributed by atoms with Crippen LogP contribution in [-0.4, -0.2) is 18.9 Å². The van der Waals surface area contributed by atoms with Gasteiger partial charge in [-0.1, -0.05) is 11.6 Å². The number of rotatable bonds is 4. The fourth-order valence-electron chi connectivity index (χ4n) is 3.37. The van der Waals surface area contributed by atoms with Crippen LogP contribution < -0.4 is 10.0 Å². The molecule has 0 saturated carbocycles. The summed E-state index contributed by atoms with van der Waals surface area (Å²) in [7, 11) is 0. The molecule has 2 aromatic rings. The van der Waals surface area contributed by atoms with Gasteiger partial charge in [0.05, 0.1) is 17.9 Å². The summed E-state index contributed by atoms with van der Waals surface area (Å²) in [5.74, 6) is -0.135. The summed E-state index contributed by atoms with van der Waals surface area (Å²) < 4.78 is 49.3. The Morgan fingerprint density at radius 2 is 2.00 bits per heavy atom. The molecule has 1 aliphatic rings. The average molecular weight is 387 g/mol. The number of alkyl halides is 3. The van der Waals surface area contributed by atoms with Gasteiger partial charge in [-0.05, 0) is 50.6 Å². The number of pyridine rings is 1. The normalized spacial score (nSPS) is 19.0. The Bertz CT molecular complexity index is 823. The summed E-state index contributed by atoms with van der Waals surface area (Å²) in [6.45, 7) is 3.40. The van der Waals surface area contributed by atoms with E-state index in [-0.39, 0.29) is 46.8 Å². The van der Waals surface area contributed by atoms with Crippen LogP contribution in [0.5, 0.6) is 0 Å². The lowest BCUT2D eigenvalue weighted by atomic mass is 9.69. The number of fused-ring (bicyclic) bond motifs is 2. The van der Waals surface area contributed by atoms with Gasteiger partial charge in [-0.2, -0.15) is 13.2 Å². The number of ether oxygens (including phenoxy) is 1. The second-order valence-corrected chi connectivity index (χ2v) is 6.92. The van der Waals surface area contributed by atoms with E-state index in [9.17, 15) is 18.4 Å². The third-order valence-electron chi connectivity index (χ3n) is 4.53. The minimum Gasteiger partial charge on any atom is -0.711 e. The smallest absolute Gasteiger partial charge is 0.402 e. The lowest BCUT2D eigenvalue weighted by molar-refractivity contribution is -0.590. The summed E-state index contributed by atoms with van der Waals surface area (Å²) in [4.78, 5) is 0. The van der Waals surface area contributed by atoms with Crippen molar-refractivity contribution in [3.63, 3.8) is 0 Å². The molecule has 0 amide bonds. The first-order chi connectivity index (χ1) is 12.2. The molecule has 0 bridgehead atoms. The molecule has 1 aromatic carbocycles. The number of hydrogen-bond donors (Lipinski definition) is 1. The molecule has 140 valence electrons. The van der Waals surface area contributed by atoms with Gasteiger partial charge in [-0.15, -0.1) is 0 Å². The molecular formula is C18H18ClF3N2O2. The molecule has 0 aliphatic carbocycles. The average Bonchev–Trinajstić information content (AvgIpc) is 2.54. The molecule has 0 spiro atoms. The summed E-state index contributed by atoms with van der Waals surface area (Å²) in [5.41, 5.74) is -2.33. The molecule has 0 fully saturated rings. The Hall–Kier alpha value is -1.99. The second-order valence-electron chi connectivity index (χ2n) is 6.48. The van der Waals surface area contributed by atoms with E-state index in [4.69, 9.17) is 16.3 Å². The number of anilines is 2. The van der Waals surface area contributed by atoms with Crippen molar-refractivity contribution in [3.05, 3.63) is 57.9 Å². The minimum atomic E-state index is -4.65. The van der Waals surface area contributed by atoms with Crippen molar-refractivity contribution >= 4 is 23.1 Å². The number of nitrogens with one attached hydrogen (secondary N) is 1. The van der Waals surface area contributed by atoms with Crippen molar-refractivity contribution in [1.82, 2.24) is 0 Å². The van der Waals surface area contributed by atoms with Crippen LogP contribution in [0.2, 0.25) is 5.02 Å². The van der Waals surface area contributed by atoms with Crippen LogP contribution in [0.25, 0.3) is 0 Å². The Balaban J connectivity index is 2.27. The van der Waals surface area contributed by atoms with Crippen LogP contribution in [0.4, 0.5) is 24.7 Å². The number of benzene rings is 1. The highest BCUT2D eigenvalue weighted by Crippen LogP contribution is 2.55. The van der Waals surface area contributed by atoms with Crippen molar-refractivity contribution in [1.29, 1.82) is 0 Å². The SMILES string of the molecule is CC(C)OCCC1(C(F)(F)F)c2cc(Cl)ccc2Nc2c1ccc[n+]2[O-]. The monoisotopic (exact) mass is 386 g/mol. The van der Waals surface area contributed by atoms with Gasteiger partial charge in [0.15, 0.2) is 0 Å². The minimum absolute atomic E-state index is 0.0106. The van der Waals surface area contributed by atoms with Gasteiger partial charge < -0.3 is 9.94 Å². The predicted octanol–water partition coefficient (Wildman–Crippen LogP) is 4.69. The molecule has 1 unspecified atom stereocenters. The van der Waals surface area contributed by atoms with E-state index in [1.54, 1.807) is 13.8 Å². The second kappa shape index (κ2) is 6.63. The molecule has 1 N–H and O–H groups in total. The molecule has 1 aliphatic heterocycles. The zero-order chi connectivity index (χ0) is 19.1. The molecule has 3 rings (SSSR count). The van der Waals surface area contributed by atoms with Crippen LogP contribution >= 0.6 is 11.6 Å². The van der Waals surface area contributed by atoms with Gasteiger partial charge in [-0.3, -0.25) is 0 Å². The predicted molar refractivity (Wildman–Crippen MR) is 92.7 cm³/mol. The third-order valence-corrected chi connectivity index (χ3v) is 4.76. The standard InChI is InChI=1S/C18H18ClF3N2O2/c1-11(2)26-9-7-17(18(20,21)22)13-4-3-8-24(25)16(13)23-15-6-5-12(19)10-14(15)17/h3-6,8,10-11,23H,7,9H2,1-2H3. The zero-order valence-corrected chi connectivity index (χ0v) is 15.0. The number of hydrogen-bond acceptors (Lipinski definition) is 3. The number of halogens is 4. The Morgan fingerprint density at radius 1 is 1.27 bits per heavy atom. The largest absolute Gasteiger partial charge is 0.711 e. The molecule has 1 aromatic heterocycles. The summed E-state index contributed by atoms with van der Waals surface area (Å²) in [6, 6.07) is 6.88. The molecule has 0 saturated heterocycles. The van der Waals surface area contributed by atoms with Crippen molar-refractivity contribution in [2.75, 3.05) is 11.9 Å². The van der Waals surface area contributed by atoms with E-state index in [1.807, 2.05) is 0 Å². The number of nitrogens with zero attached hydrogens (tertiary/aromatic N) is 1. The molecule has 26 heavy (non-hydrogen) atoms. The fraction of sp³-hybridized carbons (Fsp3) is 0.389. The highest BCUT2D eigenvalue weighted by atomic mass is 35.5. The van der Waals surface area contributed by atoms with Crippen LogP contribution in [-0.2, 0) is 10.2 Å². The van der Waals surface area contributed by atoms with Gasteiger partial charge in [0, 0.05) is 17.2 Å². The van der Waals surface area contributed by atoms with Crippen molar-refractivity contribution in [2.24, 2.45) is 0 Å². The zero-order valence-electron chi connectivity index (χ0n) is 14.2. The maximum absolute atomic E-state index is 14.5. The molecule has 0 radical (unpaired) electrons. The topological polar surface area (TPSA) is 48.2 Å². The maximum Gasteiger partial charge on any atom is 0.402 e. The highest BCUT2D eigenvalue weighted by Gasteiger charge is 2.62. The number of aromatic nitrogens is 1. The van der Waals surface area contributed by atoms with E-state index >= 15 is 0 Å². The first-order valence-corrected chi connectivity index (χ1v) is 8.52. The van der Waals surface area contributed by atoms with Gasteiger partial charge in [0.2, 0.25) is 0 Å². The van der Waals surface area contributed by atoms with Gasteiger partial charge in [-0.25, -0.2) is 10.0 Å². The molecule has 8 heteroatoms. The van der Waals surface area contributed by atoms with Gasteiger partial charge in [0.1, 0.15) is 11.1 Å². The van der Waals surface area contributed by atoms with Gasteiger partial charge in [0.25, 0.3) is 5.82 Å². The van der Waals surface area contributed by atoms with E-state index < -0.39 is 11.6 Å². The van der Waals surface area contributed by atoms with Crippen LogP contribution in [0.1, 0.15) is 31.4 Å². The fourth-order valence-corrected chi connectivity index (χ4v) is 3.54. The van der Waals surface area contributed by atoms with E-state index in [0.717, 1.165) is 0 Å².